The summed E-state index contributed by atoms with van der Waals surface area (Å²) in [5, 5.41) is 1.55. The van der Waals surface area contributed by atoms with E-state index in [1.165, 1.54) is 43.2 Å². The predicted molar refractivity (Wildman–Crippen MR) is 135 cm³/mol. The van der Waals surface area contributed by atoms with Gasteiger partial charge >= 0.3 is 0 Å². The van der Waals surface area contributed by atoms with Crippen molar-refractivity contribution in [1.29, 1.82) is 0 Å². The fraction of sp³-hybridized carbons (Fsp3) is 0.630. The maximum Gasteiger partial charge on any atom is 0.0775 e. The molecule has 162 valence electrons. The van der Waals surface area contributed by atoms with Crippen LogP contribution in [-0.2, 0) is 0 Å². The third-order valence-electron chi connectivity index (χ3n) is 7.12. The van der Waals surface area contributed by atoms with Crippen molar-refractivity contribution >= 4 is 18.8 Å². The average molecular weight is 412 g/mol. The van der Waals surface area contributed by atoms with Gasteiger partial charge in [-0.15, -0.1) is 0 Å². The van der Waals surface area contributed by atoms with Gasteiger partial charge in [-0.05, 0) is 62.2 Å². The van der Waals surface area contributed by atoms with Crippen molar-refractivity contribution in [1.82, 2.24) is 4.90 Å². The maximum atomic E-state index is 2.51. The van der Waals surface area contributed by atoms with Crippen molar-refractivity contribution in [3.63, 3.8) is 0 Å². The topological polar surface area (TPSA) is 3.24 Å². The van der Waals surface area contributed by atoms with Crippen LogP contribution >= 0.6 is 0 Å². The second kappa shape index (κ2) is 10.8. The molecule has 3 atom stereocenters. The fourth-order valence-electron chi connectivity index (χ4n) is 4.76. The van der Waals surface area contributed by atoms with Crippen LogP contribution in [-0.4, -0.2) is 33.1 Å². The van der Waals surface area contributed by atoms with Crippen LogP contribution in [0.5, 0.6) is 0 Å². The van der Waals surface area contributed by atoms with Crippen LogP contribution in [0.2, 0.25) is 19.6 Å². The fourth-order valence-corrected chi connectivity index (χ4v) is 5.92. The lowest BCUT2D eigenvalue weighted by Gasteiger charge is -2.37. The van der Waals surface area contributed by atoms with Gasteiger partial charge in [0.2, 0.25) is 0 Å². The molecule has 2 heteroatoms. The van der Waals surface area contributed by atoms with Gasteiger partial charge in [0.1, 0.15) is 0 Å². The van der Waals surface area contributed by atoms with Crippen molar-refractivity contribution in [2.45, 2.75) is 78.6 Å². The van der Waals surface area contributed by atoms with Crippen LogP contribution in [0.4, 0.5) is 0 Å². The zero-order valence-corrected chi connectivity index (χ0v) is 21.3. The molecule has 29 heavy (non-hydrogen) atoms. The Bertz CT molecular complexity index is 673. The van der Waals surface area contributed by atoms with E-state index in [4.69, 9.17) is 0 Å². The van der Waals surface area contributed by atoms with Gasteiger partial charge in [-0.1, -0.05) is 101 Å². The number of rotatable bonds is 8. The Morgan fingerprint density at radius 2 is 1.66 bits per heavy atom. The predicted octanol–water partition coefficient (Wildman–Crippen LogP) is 6.97. The summed E-state index contributed by atoms with van der Waals surface area (Å²) in [7, 11) is 3.32. The van der Waals surface area contributed by atoms with Crippen LogP contribution in [0, 0.1) is 17.8 Å². The number of nitrogens with zero attached hydrogens (tertiary/aromatic N) is 1. The molecule has 0 fully saturated rings. The van der Waals surface area contributed by atoms with Crippen molar-refractivity contribution in [3.05, 3.63) is 48.1 Å². The Labute approximate surface area is 182 Å². The van der Waals surface area contributed by atoms with Crippen molar-refractivity contribution in [2.75, 3.05) is 14.1 Å². The summed E-state index contributed by atoms with van der Waals surface area (Å²) in [6.45, 7) is 14.4. The van der Waals surface area contributed by atoms with Gasteiger partial charge in [-0.25, -0.2) is 0 Å². The number of hydrogen-bond acceptors (Lipinski definition) is 1. The molecule has 0 aromatic heterocycles. The van der Waals surface area contributed by atoms with E-state index < -0.39 is 8.07 Å². The molecule has 0 amide bonds. The van der Waals surface area contributed by atoms with Crippen molar-refractivity contribution in [3.8, 4) is 0 Å². The third-order valence-corrected chi connectivity index (χ3v) is 9.18. The first-order valence-corrected chi connectivity index (χ1v) is 15.3. The Kier molecular flexibility index (Phi) is 8.97. The molecule has 0 saturated carbocycles. The highest BCUT2D eigenvalue weighted by Gasteiger charge is 2.29. The Balaban J connectivity index is 2.22. The summed E-state index contributed by atoms with van der Waals surface area (Å²) < 4.78 is 0. The number of hydrogen-bond donors (Lipinski definition) is 0. The molecular weight excluding hydrogens is 366 g/mol. The van der Waals surface area contributed by atoms with Gasteiger partial charge in [0.25, 0.3) is 0 Å². The van der Waals surface area contributed by atoms with Gasteiger partial charge in [-0.3, -0.25) is 0 Å². The summed E-state index contributed by atoms with van der Waals surface area (Å²) in [5.74, 6) is 2.18. The molecule has 0 aliphatic heterocycles. The molecule has 1 aromatic carbocycles. The van der Waals surface area contributed by atoms with Crippen molar-refractivity contribution in [2.24, 2.45) is 17.8 Å². The molecule has 0 saturated heterocycles. The Hall–Kier alpha value is -1.12. The quantitative estimate of drug-likeness (QED) is 0.417. The molecule has 3 unspecified atom stereocenters. The molecule has 0 radical (unpaired) electrons. The first-order valence-electron chi connectivity index (χ1n) is 11.8. The minimum atomic E-state index is -1.23. The third kappa shape index (κ3) is 6.69. The lowest BCUT2D eigenvalue weighted by Crippen LogP contribution is -2.39. The van der Waals surface area contributed by atoms with E-state index in [0.717, 1.165) is 5.92 Å². The second-order valence-electron chi connectivity index (χ2n) is 10.4. The van der Waals surface area contributed by atoms with E-state index in [1.807, 2.05) is 0 Å². The van der Waals surface area contributed by atoms with Gasteiger partial charge in [-0.2, -0.15) is 0 Å². The lowest BCUT2D eigenvalue weighted by atomic mass is 9.77. The summed E-state index contributed by atoms with van der Waals surface area (Å²) in [5.41, 5.74) is 2.90. The van der Waals surface area contributed by atoms with Gasteiger partial charge in [0, 0.05) is 6.04 Å². The van der Waals surface area contributed by atoms with Crippen LogP contribution in [0.25, 0.3) is 5.57 Å². The van der Waals surface area contributed by atoms with Crippen LogP contribution in [0.1, 0.15) is 58.4 Å². The molecule has 0 heterocycles. The van der Waals surface area contributed by atoms with E-state index >= 15 is 0 Å². The molecule has 1 aliphatic rings. The molecular formula is C27H45NSi. The second-order valence-corrected chi connectivity index (χ2v) is 15.5. The van der Waals surface area contributed by atoms with Crippen LogP contribution in [0.3, 0.4) is 0 Å². The maximum absolute atomic E-state index is 2.51. The average Bonchev–Trinajstić information content (AvgIpc) is 2.66. The van der Waals surface area contributed by atoms with Gasteiger partial charge in [0.15, 0.2) is 0 Å². The van der Waals surface area contributed by atoms with E-state index in [2.05, 4.69) is 102 Å². The van der Waals surface area contributed by atoms with Gasteiger partial charge in [0.05, 0.1) is 8.07 Å². The van der Waals surface area contributed by atoms with E-state index in [0.29, 0.717) is 17.9 Å². The zero-order valence-electron chi connectivity index (χ0n) is 20.3. The molecule has 1 nitrogen and oxygen atoms in total. The highest BCUT2D eigenvalue weighted by atomic mass is 28.3. The minimum Gasteiger partial charge on any atom is -0.306 e. The summed E-state index contributed by atoms with van der Waals surface area (Å²) in [6.07, 6.45) is 13.6. The van der Waals surface area contributed by atoms with E-state index in [1.54, 1.807) is 5.19 Å². The molecule has 0 N–H and O–H groups in total. The Morgan fingerprint density at radius 1 is 1.03 bits per heavy atom. The Morgan fingerprint density at radius 3 is 2.17 bits per heavy atom. The molecule has 0 bridgehead atoms. The molecule has 0 spiro atoms. The monoisotopic (exact) mass is 411 g/mol. The highest BCUT2D eigenvalue weighted by Crippen LogP contribution is 2.34. The SMILES string of the molecule is CCC(CC)CC(C1C=CC=C(c2ccc([Si](C)(C)C)cc2)CCC1C)N(C)C. The highest BCUT2D eigenvalue weighted by molar-refractivity contribution is 6.88. The first-order chi connectivity index (χ1) is 13.7. The molecule has 1 aromatic rings. The van der Waals surface area contributed by atoms with Crippen molar-refractivity contribution < 1.29 is 0 Å². The van der Waals surface area contributed by atoms with E-state index in [9.17, 15) is 0 Å². The summed E-state index contributed by atoms with van der Waals surface area (Å²) >= 11 is 0. The normalized spacial score (nSPS) is 21.8. The number of benzene rings is 1. The van der Waals surface area contributed by atoms with Gasteiger partial charge < -0.3 is 4.90 Å². The molecule has 1 aliphatic carbocycles. The van der Waals surface area contributed by atoms with E-state index in [-0.39, 0.29) is 0 Å². The first kappa shape index (κ1) is 24.1. The van der Waals surface area contributed by atoms with Crippen LogP contribution in [0.15, 0.2) is 42.5 Å². The number of allylic oxidation sites excluding steroid dienone is 3. The largest absolute Gasteiger partial charge is 0.306 e. The standard InChI is InChI=1S/C27H45NSi/c1-9-22(10-2)20-27(28(4)5)26-13-11-12-23(15-14-21(26)3)24-16-18-25(19-17-24)29(6,7)8/h11-13,16-19,21-22,26-27H,9-10,14-15,20H2,1-8H3. The smallest absolute Gasteiger partial charge is 0.0775 e. The molecule has 2 rings (SSSR count). The summed E-state index contributed by atoms with van der Waals surface area (Å²) in [6, 6.07) is 10.1. The zero-order chi connectivity index (χ0) is 21.6. The van der Waals surface area contributed by atoms with Crippen LogP contribution < -0.4 is 5.19 Å². The lowest BCUT2D eigenvalue weighted by molar-refractivity contribution is 0.157. The minimum absolute atomic E-state index is 0.636. The summed E-state index contributed by atoms with van der Waals surface area (Å²) in [4.78, 5) is 2.48.